The van der Waals surface area contributed by atoms with Crippen LogP contribution in [0.15, 0.2) is 78.4 Å². The lowest BCUT2D eigenvalue weighted by atomic mass is 10.0. The van der Waals surface area contributed by atoms with Gasteiger partial charge in [-0.3, -0.25) is 0 Å². The van der Waals surface area contributed by atoms with E-state index in [1.54, 1.807) is 0 Å². The number of esters is 1. The number of carbonyl (C=O) groups excluding carboxylic acids is 1. The van der Waals surface area contributed by atoms with Gasteiger partial charge in [-0.2, -0.15) is 0 Å². The zero-order chi connectivity index (χ0) is 16.5. The van der Waals surface area contributed by atoms with Crippen molar-refractivity contribution >= 4 is 28.6 Å². The van der Waals surface area contributed by atoms with Crippen molar-refractivity contribution in [3.05, 3.63) is 95.1 Å². The number of cyclic esters (lactones) is 1. The Morgan fingerprint density at radius 3 is 2.46 bits per heavy atom. The predicted molar refractivity (Wildman–Crippen MR) is 97.2 cm³/mol. The molecule has 0 atom stereocenters. The van der Waals surface area contributed by atoms with Crippen molar-refractivity contribution in [2.24, 2.45) is 0 Å². The van der Waals surface area contributed by atoms with Gasteiger partial charge in [-0.05, 0) is 41.5 Å². The monoisotopic (exact) mass is 312 g/mol. The first-order valence-electron chi connectivity index (χ1n) is 7.90. The molecule has 0 fully saturated rings. The minimum atomic E-state index is -0.308. The maximum atomic E-state index is 12.1. The number of hydrogen-bond donors (Lipinski definition) is 0. The molecule has 1 aliphatic rings. The van der Waals surface area contributed by atoms with Crippen LogP contribution in [-0.2, 0) is 9.53 Å². The number of fused-ring (bicyclic) bond motifs is 1. The predicted octanol–water partition coefficient (Wildman–Crippen LogP) is 5.13. The van der Waals surface area contributed by atoms with Crippen molar-refractivity contribution in [2.45, 2.75) is 6.92 Å². The molecule has 0 aromatic heterocycles. The van der Waals surface area contributed by atoms with Gasteiger partial charge in [-0.15, -0.1) is 0 Å². The Kier molecular flexibility index (Phi) is 3.51. The second kappa shape index (κ2) is 5.82. The molecule has 0 N–H and O–H groups in total. The number of aryl methyl sites for hydroxylation is 1. The smallest absolute Gasteiger partial charge is 0.343 e. The number of benzene rings is 3. The summed E-state index contributed by atoms with van der Waals surface area (Å²) in [6, 6.07) is 22.2. The quantitative estimate of drug-likeness (QED) is 0.484. The number of ether oxygens (including phenoxy) is 1. The van der Waals surface area contributed by atoms with Gasteiger partial charge in [-0.25, -0.2) is 4.79 Å². The third-order valence-electron chi connectivity index (χ3n) is 4.13. The molecule has 3 aromatic rings. The van der Waals surface area contributed by atoms with Crippen LogP contribution in [0.1, 0.15) is 16.7 Å². The van der Waals surface area contributed by atoms with Crippen LogP contribution < -0.4 is 0 Å². The number of rotatable bonds is 2. The highest BCUT2D eigenvalue weighted by Gasteiger charge is 2.22. The lowest BCUT2D eigenvalue weighted by Gasteiger charge is -2.05. The highest BCUT2D eigenvalue weighted by Crippen LogP contribution is 2.29. The van der Waals surface area contributed by atoms with Crippen molar-refractivity contribution in [3.63, 3.8) is 0 Å². The summed E-state index contributed by atoms with van der Waals surface area (Å²) >= 11 is 0. The van der Waals surface area contributed by atoms with Crippen molar-refractivity contribution in [1.82, 2.24) is 0 Å². The Labute approximate surface area is 140 Å². The van der Waals surface area contributed by atoms with Crippen LogP contribution in [0.5, 0.6) is 0 Å². The van der Waals surface area contributed by atoms with E-state index in [1.807, 2.05) is 48.6 Å². The van der Waals surface area contributed by atoms with E-state index < -0.39 is 0 Å². The molecule has 2 nitrogen and oxygen atoms in total. The van der Waals surface area contributed by atoms with Gasteiger partial charge in [0.25, 0.3) is 0 Å². The Bertz CT molecular complexity index is 995. The SMILES string of the molecule is Cc1ccc2cc(C3=C/C(=C/c4ccccc4)C(=O)O3)ccc2c1. The van der Waals surface area contributed by atoms with E-state index in [-0.39, 0.29) is 5.97 Å². The van der Waals surface area contributed by atoms with E-state index in [1.165, 1.54) is 10.9 Å². The third-order valence-corrected chi connectivity index (χ3v) is 4.13. The average Bonchev–Trinajstić information content (AvgIpc) is 2.96. The van der Waals surface area contributed by atoms with Crippen LogP contribution in [0, 0.1) is 6.92 Å². The summed E-state index contributed by atoms with van der Waals surface area (Å²) in [5.41, 5.74) is 3.70. The first-order valence-corrected chi connectivity index (χ1v) is 7.90. The Morgan fingerprint density at radius 2 is 1.62 bits per heavy atom. The van der Waals surface area contributed by atoms with E-state index in [4.69, 9.17) is 4.74 Å². The highest BCUT2D eigenvalue weighted by atomic mass is 16.5. The lowest BCUT2D eigenvalue weighted by Crippen LogP contribution is -1.97. The van der Waals surface area contributed by atoms with Crippen LogP contribution in [0.25, 0.3) is 22.6 Å². The zero-order valence-electron chi connectivity index (χ0n) is 13.3. The van der Waals surface area contributed by atoms with Gasteiger partial charge in [0.1, 0.15) is 5.76 Å². The molecule has 0 aliphatic carbocycles. The molecule has 24 heavy (non-hydrogen) atoms. The zero-order valence-corrected chi connectivity index (χ0v) is 13.3. The van der Waals surface area contributed by atoms with Gasteiger partial charge in [0, 0.05) is 5.56 Å². The lowest BCUT2D eigenvalue weighted by molar-refractivity contribution is -0.130. The summed E-state index contributed by atoms with van der Waals surface area (Å²) in [5, 5.41) is 2.32. The maximum absolute atomic E-state index is 12.1. The Morgan fingerprint density at radius 1 is 0.875 bits per heavy atom. The highest BCUT2D eigenvalue weighted by molar-refractivity contribution is 6.05. The summed E-state index contributed by atoms with van der Waals surface area (Å²) in [6.07, 6.45) is 3.66. The fourth-order valence-electron chi connectivity index (χ4n) is 2.88. The summed E-state index contributed by atoms with van der Waals surface area (Å²) in [4.78, 5) is 12.1. The van der Waals surface area contributed by atoms with Crippen molar-refractivity contribution in [1.29, 1.82) is 0 Å². The van der Waals surface area contributed by atoms with E-state index >= 15 is 0 Å². The molecule has 0 unspecified atom stereocenters. The Hall–Kier alpha value is -3.13. The topological polar surface area (TPSA) is 26.3 Å². The molecule has 3 aromatic carbocycles. The van der Waals surface area contributed by atoms with Crippen LogP contribution in [0.3, 0.4) is 0 Å². The van der Waals surface area contributed by atoms with Crippen LogP contribution >= 0.6 is 0 Å². The summed E-state index contributed by atoms with van der Waals surface area (Å²) < 4.78 is 5.46. The van der Waals surface area contributed by atoms with E-state index in [0.717, 1.165) is 16.5 Å². The summed E-state index contributed by atoms with van der Waals surface area (Å²) in [7, 11) is 0. The molecule has 1 heterocycles. The van der Waals surface area contributed by atoms with Gasteiger partial charge in [0.2, 0.25) is 0 Å². The molecular weight excluding hydrogens is 296 g/mol. The maximum Gasteiger partial charge on any atom is 0.343 e. The van der Waals surface area contributed by atoms with Gasteiger partial charge in [0.15, 0.2) is 0 Å². The fraction of sp³-hybridized carbons (Fsp3) is 0.0455. The van der Waals surface area contributed by atoms with Crippen LogP contribution in [0.2, 0.25) is 0 Å². The van der Waals surface area contributed by atoms with Gasteiger partial charge in [0.05, 0.1) is 5.57 Å². The fourth-order valence-corrected chi connectivity index (χ4v) is 2.88. The van der Waals surface area contributed by atoms with Gasteiger partial charge < -0.3 is 4.74 Å². The molecular formula is C22H16O2. The molecule has 116 valence electrons. The normalized spacial score (nSPS) is 15.6. The second-order valence-electron chi connectivity index (χ2n) is 5.97. The van der Waals surface area contributed by atoms with Crippen LogP contribution in [-0.4, -0.2) is 5.97 Å². The minimum Gasteiger partial charge on any atom is -0.422 e. The van der Waals surface area contributed by atoms with E-state index in [9.17, 15) is 4.79 Å². The van der Waals surface area contributed by atoms with Crippen molar-refractivity contribution in [3.8, 4) is 0 Å². The number of hydrogen-bond acceptors (Lipinski definition) is 2. The first-order chi connectivity index (χ1) is 11.7. The average molecular weight is 312 g/mol. The number of carbonyl (C=O) groups is 1. The molecule has 0 amide bonds. The standard InChI is InChI=1S/C22H16O2/c1-15-7-8-18-13-19(10-9-17(18)11-15)21-14-20(22(23)24-21)12-16-5-3-2-4-6-16/h2-14H,1H3/b20-12-. The van der Waals surface area contributed by atoms with Gasteiger partial charge >= 0.3 is 5.97 Å². The second-order valence-corrected chi connectivity index (χ2v) is 5.97. The molecule has 0 radical (unpaired) electrons. The molecule has 2 heteroatoms. The summed E-state index contributed by atoms with van der Waals surface area (Å²) in [6.45, 7) is 2.08. The first kappa shape index (κ1) is 14.5. The summed E-state index contributed by atoms with van der Waals surface area (Å²) in [5.74, 6) is 0.294. The Balaban J connectivity index is 1.72. The minimum absolute atomic E-state index is 0.308. The van der Waals surface area contributed by atoms with Crippen LogP contribution in [0.4, 0.5) is 0 Å². The molecule has 0 bridgehead atoms. The van der Waals surface area contributed by atoms with Crippen molar-refractivity contribution < 1.29 is 9.53 Å². The third kappa shape index (κ3) is 2.74. The largest absolute Gasteiger partial charge is 0.422 e. The molecule has 4 rings (SSSR count). The van der Waals surface area contributed by atoms with E-state index in [2.05, 4.69) is 37.3 Å². The van der Waals surface area contributed by atoms with Crippen molar-refractivity contribution in [2.75, 3.05) is 0 Å². The molecule has 1 aliphatic heterocycles. The molecule has 0 spiro atoms. The molecule has 0 saturated carbocycles. The molecule has 0 saturated heterocycles. The van der Waals surface area contributed by atoms with E-state index in [0.29, 0.717) is 11.3 Å². The van der Waals surface area contributed by atoms with Gasteiger partial charge in [-0.1, -0.05) is 66.2 Å².